The van der Waals surface area contributed by atoms with E-state index in [2.05, 4.69) is 10.3 Å². The smallest absolute Gasteiger partial charge is 0.424 e. The van der Waals surface area contributed by atoms with E-state index in [0.717, 1.165) is 11.6 Å². The van der Waals surface area contributed by atoms with E-state index in [0.29, 0.717) is 11.1 Å². The number of nitrogens with zero attached hydrogens (tertiary/aromatic N) is 2. The highest BCUT2D eigenvalue weighted by molar-refractivity contribution is 5.70. The number of aliphatic hydroxyl groups is 1. The maximum Gasteiger partial charge on any atom is 0.424 e. The van der Waals surface area contributed by atoms with Crippen LogP contribution in [0.2, 0.25) is 0 Å². The largest absolute Gasteiger partial charge is 0.445 e. The Morgan fingerprint density at radius 3 is 2.14 bits per heavy atom. The third-order valence-electron chi connectivity index (χ3n) is 6.26. The fourth-order valence-electron chi connectivity index (χ4n) is 3.90. The number of nitrogens with one attached hydrogen (secondary N) is 2. The van der Waals surface area contributed by atoms with Crippen molar-refractivity contribution in [2.24, 2.45) is 0 Å². The molecule has 0 spiro atoms. The van der Waals surface area contributed by atoms with Gasteiger partial charge < -0.3 is 25.2 Å². The Balaban J connectivity index is 2.04. The third kappa shape index (κ3) is 8.68. The van der Waals surface area contributed by atoms with Crippen LogP contribution in [0, 0.1) is 11.3 Å². The van der Waals surface area contributed by atoms with Gasteiger partial charge in [0, 0.05) is 5.56 Å². The molecule has 0 bridgehead atoms. The number of alkyl carbamates (subject to hydrolysis) is 2. The summed E-state index contributed by atoms with van der Waals surface area (Å²) in [6.07, 6.45) is -7.28. The zero-order valence-electron chi connectivity index (χ0n) is 24.4. The molecule has 0 aliphatic rings. The molecule has 1 aromatic heterocycles. The summed E-state index contributed by atoms with van der Waals surface area (Å²) in [5, 5.41) is 24.9. The maximum atomic E-state index is 14.5. The lowest BCUT2D eigenvalue weighted by atomic mass is 9.88. The molecular formula is C31H33F3N4O5. The molecule has 2 aromatic carbocycles. The van der Waals surface area contributed by atoms with Gasteiger partial charge in [0.25, 0.3) is 0 Å². The number of benzene rings is 2. The van der Waals surface area contributed by atoms with Crippen molar-refractivity contribution in [1.29, 1.82) is 5.26 Å². The van der Waals surface area contributed by atoms with Crippen LogP contribution in [-0.4, -0.2) is 40.6 Å². The van der Waals surface area contributed by atoms with Crippen LogP contribution in [0.15, 0.2) is 66.7 Å². The van der Waals surface area contributed by atoms with E-state index in [1.54, 1.807) is 38.1 Å². The number of rotatable bonds is 8. The molecular weight excluding hydrogens is 565 g/mol. The monoisotopic (exact) mass is 598 g/mol. The minimum Gasteiger partial charge on any atom is -0.445 e. The fourth-order valence-corrected chi connectivity index (χ4v) is 3.90. The average Bonchev–Trinajstić information content (AvgIpc) is 2.93. The second-order valence-corrected chi connectivity index (χ2v) is 11.3. The first kappa shape index (κ1) is 32.9. The number of nitriles is 1. The van der Waals surface area contributed by atoms with Crippen molar-refractivity contribution in [3.05, 3.63) is 89.1 Å². The maximum absolute atomic E-state index is 14.5. The summed E-state index contributed by atoms with van der Waals surface area (Å²) in [6.45, 7) is 6.37. The molecule has 9 nitrogen and oxygen atoms in total. The quantitative estimate of drug-likeness (QED) is 0.287. The molecule has 12 heteroatoms. The molecule has 1 heterocycles. The number of ether oxygens (including phenoxy) is 2. The Kier molecular flexibility index (Phi) is 9.72. The minimum atomic E-state index is -5.29. The van der Waals surface area contributed by atoms with Gasteiger partial charge in [0.1, 0.15) is 12.2 Å². The van der Waals surface area contributed by atoms with Crippen LogP contribution in [0.3, 0.4) is 0 Å². The fraction of sp³-hybridized carbons (Fsp3) is 0.355. The van der Waals surface area contributed by atoms with Crippen molar-refractivity contribution in [3.8, 4) is 17.3 Å². The molecule has 3 rings (SSSR count). The first-order valence-corrected chi connectivity index (χ1v) is 13.2. The number of carbonyl (C=O) groups excluding carboxylic acids is 2. The lowest BCUT2D eigenvalue weighted by Gasteiger charge is -2.33. The van der Waals surface area contributed by atoms with Crippen molar-refractivity contribution in [1.82, 2.24) is 15.6 Å². The van der Waals surface area contributed by atoms with E-state index < -0.39 is 47.3 Å². The van der Waals surface area contributed by atoms with Gasteiger partial charge in [-0.15, -0.1) is 0 Å². The molecule has 0 aliphatic carbocycles. The highest BCUT2D eigenvalue weighted by Gasteiger charge is 2.57. The zero-order chi connectivity index (χ0) is 32.1. The van der Waals surface area contributed by atoms with Crippen LogP contribution in [0.25, 0.3) is 11.3 Å². The van der Waals surface area contributed by atoms with Gasteiger partial charge in [0.2, 0.25) is 5.60 Å². The average molecular weight is 599 g/mol. The molecule has 0 radical (unpaired) electrons. The number of amides is 2. The number of carbonyl (C=O) groups is 2. The molecule has 0 saturated heterocycles. The van der Waals surface area contributed by atoms with Gasteiger partial charge in [-0.25, -0.2) is 14.6 Å². The Hall–Kier alpha value is -4.63. The van der Waals surface area contributed by atoms with E-state index in [4.69, 9.17) is 14.7 Å². The number of hydrogen-bond donors (Lipinski definition) is 3. The van der Waals surface area contributed by atoms with Crippen molar-refractivity contribution in [3.63, 3.8) is 0 Å². The second kappa shape index (κ2) is 12.7. The van der Waals surface area contributed by atoms with Crippen molar-refractivity contribution < 1.29 is 37.3 Å². The number of aromatic nitrogens is 1. The van der Waals surface area contributed by atoms with Gasteiger partial charge in [0.15, 0.2) is 0 Å². The molecule has 1 atom stereocenters. The van der Waals surface area contributed by atoms with E-state index in [1.807, 2.05) is 17.5 Å². The SMILES string of the molecule is CC(C)(C)OC(=O)NCC(O)(c1cc(C(C)(C)NC(=O)OCc2ccccc2)cc(-c2ccc(C#N)cc2)n1)C(F)(F)F. The number of pyridine rings is 1. The number of halogens is 3. The highest BCUT2D eigenvalue weighted by Crippen LogP contribution is 2.40. The molecule has 3 N–H and O–H groups in total. The van der Waals surface area contributed by atoms with E-state index in [9.17, 15) is 27.9 Å². The molecule has 43 heavy (non-hydrogen) atoms. The number of alkyl halides is 3. The summed E-state index contributed by atoms with van der Waals surface area (Å²) in [5.41, 5.74) is -5.24. The third-order valence-corrected chi connectivity index (χ3v) is 6.26. The highest BCUT2D eigenvalue weighted by atomic mass is 19.4. The van der Waals surface area contributed by atoms with Gasteiger partial charge in [0.05, 0.1) is 35.1 Å². The minimum absolute atomic E-state index is 0.0180. The lowest BCUT2D eigenvalue weighted by molar-refractivity contribution is -0.265. The van der Waals surface area contributed by atoms with Gasteiger partial charge in [-0.1, -0.05) is 42.5 Å². The Morgan fingerprint density at radius 2 is 1.58 bits per heavy atom. The Morgan fingerprint density at radius 1 is 0.953 bits per heavy atom. The van der Waals surface area contributed by atoms with Crippen LogP contribution in [-0.2, 0) is 27.2 Å². The van der Waals surface area contributed by atoms with Crippen molar-refractivity contribution in [2.75, 3.05) is 6.54 Å². The summed E-state index contributed by atoms with van der Waals surface area (Å²) >= 11 is 0. The van der Waals surface area contributed by atoms with Crippen molar-refractivity contribution in [2.45, 2.75) is 64.1 Å². The molecule has 3 aromatic rings. The second-order valence-electron chi connectivity index (χ2n) is 11.3. The summed E-state index contributed by atoms with van der Waals surface area (Å²) in [7, 11) is 0. The molecule has 0 fully saturated rings. The van der Waals surface area contributed by atoms with Crippen LogP contribution < -0.4 is 10.6 Å². The van der Waals surface area contributed by atoms with Crippen LogP contribution in [0.5, 0.6) is 0 Å². The Labute approximate surface area is 247 Å². The van der Waals surface area contributed by atoms with Crippen LogP contribution >= 0.6 is 0 Å². The van der Waals surface area contributed by atoms with Gasteiger partial charge >= 0.3 is 18.4 Å². The van der Waals surface area contributed by atoms with Crippen LogP contribution in [0.1, 0.15) is 57.0 Å². The first-order chi connectivity index (χ1) is 19.9. The standard InChI is InChI=1S/C31H33F3N4O5/c1-28(2,3)43-26(39)36-19-30(41,31(32,33)34)25-16-23(15-24(37-25)22-13-11-20(17-35)12-14-22)29(4,5)38-27(40)42-18-21-9-7-6-8-10-21/h6-16,41H,18-19H2,1-5H3,(H,36,39)(H,38,40). The summed E-state index contributed by atoms with van der Waals surface area (Å²) < 4.78 is 53.8. The van der Waals surface area contributed by atoms with Gasteiger partial charge in [-0.2, -0.15) is 18.4 Å². The first-order valence-electron chi connectivity index (χ1n) is 13.2. The Bertz CT molecular complexity index is 1480. The molecule has 0 aliphatic heterocycles. The topological polar surface area (TPSA) is 134 Å². The van der Waals surface area contributed by atoms with Gasteiger partial charge in [-0.05, 0) is 70.0 Å². The summed E-state index contributed by atoms with van der Waals surface area (Å²) in [6, 6.07) is 19.3. The molecule has 228 valence electrons. The molecule has 2 amide bonds. The van der Waals surface area contributed by atoms with Crippen LogP contribution in [0.4, 0.5) is 22.8 Å². The predicted molar refractivity (Wildman–Crippen MR) is 151 cm³/mol. The normalized spacial score (nSPS) is 13.3. The summed E-state index contributed by atoms with van der Waals surface area (Å²) in [4.78, 5) is 29.0. The van der Waals surface area contributed by atoms with E-state index >= 15 is 0 Å². The van der Waals surface area contributed by atoms with E-state index in [1.165, 1.54) is 51.1 Å². The molecule has 0 saturated carbocycles. The van der Waals surface area contributed by atoms with E-state index in [-0.39, 0.29) is 17.9 Å². The lowest BCUT2D eigenvalue weighted by Crippen LogP contribution is -2.52. The van der Waals surface area contributed by atoms with Gasteiger partial charge in [-0.3, -0.25) is 0 Å². The predicted octanol–water partition coefficient (Wildman–Crippen LogP) is 6.06. The number of hydrogen-bond acceptors (Lipinski definition) is 7. The summed E-state index contributed by atoms with van der Waals surface area (Å²) in [5.74, 6) is 0. The zero-order valence-corrected chi connectivity index (χ0v) is 24.4. The molecule has 1 unspecified atom stereocenters. The van der Waals surface area contributed by atoms with Crippen molar-refractivity contribution >= 4 is 12.2 Å².